The summed E-state index contributed by atoms with van der Waals surface area (Å²) in [6.07, 6.45) is 2.89. The van der Waals surface area contributed by atoms with Crippen LogP contribution in [0.3, 0.4) is 0 Å². The molecule has 0 atom stereocenters. The lowest BCUT2D eigenvalue weighted by Gasteiger charge is -2.08. The quantitative estimate of drug-likeness (QED) is 0.578. The number of aromatic nitrogens is 2. The molecule has 0 saturated carbocycles. The molecule has 0 aliphatic carbocycles. The van der Waals surface area contributed by atoms with Crippen LogP contribution < -0.4 is 16.6 Å². The fraction of sp³-hybridized carbons (Fsp3) is 0. The molecule has 2 aromatic rings. The zero-order chi connectivity index (χ0) is 12.3. The average molecular weight is 254 g/mol. The molecule has 0 radical (unpaired) electrons. The number of rotatable bonds is 3. The number of hydrazine groups is 1. The topological polar surface area (TPSA) is 75.9 Å². The lowest BCUT2D eigenvalue weighted by molar-refractivity contribution is 0.632. The van der Waals surface area contributed by atoms with Gasteiger partial charge in [0.15, 0.2) is 17.5 Å². The summed E-state index contributed by atoms with van der Waals surface area (Å²) >= 11 is 5.66. The second-order valence-electron chi connectivity index (χ2n) is 3.16. The highest BCUT2D eigenvalue weighted by Crippen LogP contribution is 2.24. The molecule has 0 amide bonds. The lowest BCUT2D eigenvalue weighted by atomic mass is 10.3. The van der Waals surface area contributed by atoms with Crippen LogP contribution in [0.1, 0.15) is 0 Å². The van der Waals surface area contributed by atoms with E-state index in [0.29, 0.717) is 11.6 Å². The van der Waals surface area contributed by atoms with Gasteiger partial charge in [-0.25, -0.2) is 15.2 Å². The Hall–Kier alpha value is -1.92. The number of nitrogens with one attached hydrogen (secondary N) is 2. The predicted molar refractivity (Wildman–Crippen MR) is 64.5 cm³/mol. The Morgan fingerprint density at radius 2 is 2.00 bits per heavy atom. The SMILES string of the molecule is NNc1cncc(Nc2cccc(Cl)c2F)n1. The zero-order valence-corrected chi connectivity index (χ0v) is 9.37. The Bertz CT molecular complexity index is 534. The molecule has 1 aromatic heterocycles. The van der Waals surface area contributed by atoms with E-state index in [0.717, 1.165) is 0 Å². The smallest absolute Gasteiger partial charge is 0.165 e. The highest BCUT2D eigenvalue weighted by atomic mass is 35.5. The normalized spacial score (nSPS) is 10.1. The number of halogens is 2. The van der Waals surface area contributed by atoms with Crippen LogP contribution in [0.25, 0.3) is 0 Å². The molecule has 0 aliphatic heterocycles. The van der Waals surface area contributed by atoms with Crippen LogP contribution in [-0.4, -0.2) is 9.97 Å². The van der Waals surface area contributed by atoms with Gasteiger partial charge in [0.2, 0.25) is 0 Å². The van der Waals surface area contributed by atoms with Crippen molar-refractivity contribution in [1.29, 1.82) is 0 Å². The first-order chi connectivity index (χ1) is 8.20. The van der Waals surface area contributed by atoms with Crippen molar-refractivity contribution in [2.45, 2.75) is 0 Å². The van der Waals surface area contributed by atoms with E-state index in [9.17, 15) is 4.39 Å². The van der Waals surface area contributed by atoms with Crippen molar-refractivity contribution < 1.29 is 4.39 Å². The first-order valence-electron chi connectivity index (χ1n) is 4.70. The van der Waals surface area contributed by atoms with Crippen molar-refractivity contribution in [2.75, 3.05) is 10.7 Å². The molecular weight excluding hydrogens is 245 g/mol. The third-order valence-corrected chi connectivity index (χ3v) is 2.29. The molecule has 1 aromatic carbocycles. The van der Waals surface area contributed by atoms with Crippen molar-refractivity contribution in [3.8, 4) is 0 Å². The Kier molecular flexibility index (Phi) is 3.36. The van der Waals surface area contributed by atoms with Gasteiger partial charge in [-0.1, -0.05) is 17.7 Å². The van der Waals surface area contributed by atoms with Crippen molar-refractivity contribution in [3.05, 3.63) is 41.4 Å². The Morgan fingerprint density at radius 1 is 1.24 bits per heavy atom. The monoisotopic (exact) mass is 253 g/mol. The summed E-state index contributed by atoms with van der Waals surface area (Å²) in [5.41, 5.74) is 2.57. The number of nitrogens with zero attached hydrogens (tertiary/aromatic N) is 2. The maximum absolute atomic E-state index is 13.6. The molecule has 88 valence electrons. The van der Waals surface area contributed by atoms with Gasteiger partial charge in [-0.15, -0.1) is 0 Å². The highest BCUT2D eigenvalue weighted by Gasteiger charge is 2.07. The Balaban J connectivity index is 2.28. The standard InChI is InChI=1S/C10H9ClFN5/c11-6-2-1-3-7(10(6)12)15-8-4-14-5-9(16-8)17-13/h1-5H,13H2,(H2,15,16,17). The zero-order valence-electron chi connectivity index (χ0n) is 8.61. The summed E-state index contributed by atoms with van der Waals surface area (Å²) in [5, 5.41) is 2.80. The van der Waals surface area contributed by atoms with Gasteiger partial charge < -0.3 is 10.7 Å². The highest BCUT2D eigenvalue weighted by molar-refractivity contribution is 6.31. The van der Waals surface area contributed by atoms with Crippen molar-refractivity contribution >= 4 is 28.9 Å². The molecule has 2 rings (SSSR count). The van der Waals surface area contributed by atoms with E-state index in [-0.39, 0.29) is 10.7 Å². The molecule has 0 unspecified atom stereocenters. The first-order valence-corrected chi connectivity index (χ1v) is 5.08. The van der Waals surface area contributed by atoms with Gasteiger partial charge in [-0.3, -0.25) is 4.98 Å². The second kappa shape index (κ2) is 4.94. The third kappa shape index (κ3) is 2.61. The summed E-state index contributed by atoms with van der Waals surface area (Å²) in [6, 6.07) is 4.64. The molecule has 0 aliphatic rings. The van der Waals surface area contributed by atoms with Gasteiger partial charge in [-0.05, 0) is 12.1 Å². The molecule has 1 heterocycles. The number of anilines is 3. The summed E-state index contributed by atoms with van der Waals surface area (Å²) < 4.78 is 13.6. The molecule has 0 fully saturated rings. The number of nitrogens with two attached hydrogens (primary N) is 1. The van der Waals surface area contributed by atoms with Gasteiger partial charge in [0, 0.05) is 0 Å². The summed E-state index contributed by atoms with van der Waals surface area (Å²) in [4.78, 5) is 7.92. The predicted octanol–water partition coefficient (Wildman–Crippen LogP) is 2.30. The fourth-order valence-corrected chi connectivity index (χ4v) is 1.41. The first kappa shape index (κ1) is 11.6. The molecule has 17 heavy (non-hydrogen) atoms. The maximum atomic E-state index is 13.6. The lowest BCUT2D eigenvalue weighted by Crippen LogP contribution is -2.09. The van der Waals surface area contributed by atoms with Crippen LogP contribution in [0, 0.1) is 5.82 Å². The van der Waals surface area contributed by atoms with Gasteiger partial charge in [0.05, 0.1) is 23.1 Å². The Morgan fingerprint density at radius 3 is 2.76 bits per heavy atom. The van der Waals surface area contributed by atoms with Gasteiger partial charge in [-0.2, -0.15) is 0 Å². The second-order valence-corrected chi connectivity index (χ2v) is 3.57. The van der Waals surface area contributed by atoms with E-state index in [4.69, 9.17) is 17.4 Å². The summed E-state index contributed by atoms with van der Waals surface area (Å²) in [5.74, 6) is 5.39. The minimum atomic E-state index is -0.540. The van der Waals surface area contributed by atoms with Crippen molar-refractivity contribution in [3.63, 3.8) is 0 Å². The van der Waals surface area contributed by atoms with Crippen LogP contribution in [0.15, 0.2) is 30.6 Å². The number of hydrogen-bond acceptors (Lipinski definition) is 5. The largest absolute Gasteiger partial charge is 0.336 e. The van der Waals surface area contributed by atoms with Crippen molar-refractivity contribution in [1.82, 2.24) is 9.97 Å². The van der Waals surface area contributed by atoms with Crippen LogP contribution in [0.5, 0.6) is 0 Å². The molecule has 0 saturated heterocycles. The third-order valence-electron chi connectivity index (χ3n) is 2.00. The van der Waals surface area contributed by atoms with E-state index < -0.39 is 5.82 Å². The van der Waals surface area contributed by atoms with E-state index in [1.54, 1.807) is 12.1 Å². The van der Waals surface area contributed by atoms with Gasteiger partial charge in [0.1, 0.15) is 0 Å². The molecule has 5 nitrogen and oxygen atoms in total. The molecular formula is C10H9ClFN5. The van der Waals surface area contributed by atoms with Crippen molar-refractivity contribution in [2.24, 2.45) is 5.84 Å². The van der Waals surface area contributed by atoms with Crippen LogP contribution in [0.2, 0.25) is 5.02 Å². The van der Waals surface area contributed by atoms with Crippen LogP contribution in [-0.2, 0) is 0 Å². The molecule has 0 spiro atoms. The molecule has 0 bridgehead atoms. The van der Waals surface area contributed by atoms with E-state index in [1.807, 2.05) is 0 Å². The summed E-state index contributed by atoms with van der Waals surface area (Å²) in [6.45, 7) is 0. The van der Waals surface area contributed by atoms with Crippen LogP contribution in [0.4, 0.5) is 21.7 Å². The van der Waals surface area contributed by atoms with Gasteiger partial charge in [0.25, 0.3) is 0 Å². The van der Waals surface area contributed by atoms with E-state index in [1.165, 1.54) is 18.5 Å². The average Bonchev–Trinajstić information content (AvgIpc) is 2.35. The molecule has 4 N–H and O–H groups in total. The molecule has 7 heteroatoms. The fourth-order valence-electron chi connectivity index (χ4n) is 1.23. The number of hydrogen-bond donors (Lipinski definition) is 3. The van der Waals surface area contributed by atoms with E-state index in [2.05, 4.69) is 20.7 Å². The number of benzene rings is 1. The number of nitrogen functional groups attached to an aromatic ring is 1. The van der Waals surface area contributed by atoms with Gasteiger partial charge >= 0.3 is 0 Å². The van der Waals surface area contributed by atoms with Crippen LogP contribution >= 0.6 is 11.6 Å². The Labute approximate surface area is 102 Å². The minimum Gasteiger partial charge on any atom is -0.336 e. The summed E-state index contributed by atoms with van der Waals surface area (Å²) in [7, 11) is 0. The minimum absolute atomic E-state index is 0.0380. The van der Waals surface area contributed by atoms with E-state index >= 15 is 0 Å². The maximum Gasteiger partial charge on any atom is 0.165 e.